The van der Waals surface area contributed by atoms with E-state index in [0.29, 0.717) is 0 Å². The predicted octanol–water partition coefficient (Wildman–Crippen LogP) is 4.24. The third-order valence-corrected chi connectivity index (χ3v) is 4.38. The molecule has 0 aliphatic carbocycles. The van der Waals surface area contributed by atoms with Gasteiger partial charge in [0, 0.05) is 22.5 Å². The minimum Gasteiger partial charge on any atom is -0.497 e. The van der Waals surface area contributed by atoms with E-state index in [1.165, 1.54) is 5.56 Å². The Balaban J connectivity index is 1.95. The molecule has 0 bridgehead atoms. The van der Waals surface area contributed by atoms with Crippen molar-refractivity contribution in [2.45, 2.75) is 18.6 Å². The van der Waals surface area contributed by atoms with Crippen LogP contribution in [0.4, 0.5) is 0 Å². The number of nitrogens with one attached hydrogen (secondary N) is 1. The van der Waals surface area contributed by atoms with Gasteiger partial charge in [0.1, 0.15) is 17.6 Å². The molecule has 2 aromatic rings. The van der Waals surface area contributed by atoms with Gasteiger partial charge in [-0.2, -0.15) is 0 Å². The van der Waals surface area contributed by atoms with Crippen LogP contribution in [-0.4, -0.2) is 14.2 Å². The number of fused-ring (bicyclic) bond motifs is 1. The van der Waals surface area contributed by atoms with Crippen molar-refractivity contribution in [1.29, 1.82) is 0 Å². The minimum absolute atomic E-state index is 0.0272. The number of rotatable bonds is 3. The minimum atomic E-state index is 0.0272. The number of hydrogen-bond donors (Lipinski definition) is 1. The van der Waals surface area contributed by atoms with Crippen molar-refractivity contribution in [3.8, 4) is 11.5 Å². The number of benzene rings is 2. The molecule has 110 valence electrons. The summed E-state index contributed by atoms with van der Waals surface area (Å²) in [7, 11) is 3.67. The second-order valence-corrected chi connectivity index (χ2v) is 6.06. The number of halogens is 1. The van der Waals surface area contributed by atoms with E-state index in [-0.39, 0.29) is 12.1 Å². The van der Waals surface area contributed by atoms with Gasteiger partial charge in [-0.25, -0.2) is 0 Å². The third-order valence-electron chi connectivity index (χ3n) is 3.88. The van der Waals surface area contributed by atoms with Crippen molar-refractivity contribution in [3.63, 3.8) is 0 Å². The van der Waals surface area contributed by atoms with Gasteiger partial charge in [-0.15, -0.1) is 0 Å². The number of methoxy groups -OCH3 is 1. The van der Waals surface area contributed by atoms with Crippen molar-refractivity contribution in [2.24, 2.45) is 0 Å². The highest BCUT2D eigenvalue weighted by atomic mass is 79.9. The van der Waals surface area contributed by atoms with E-state index in [0.717, 1.165) is 28.0 Å². The Hall–Kier alpha value is -1.52. The Labute approximate surface area is 133 Å². The van der Waals surface area contributed by atoms with Gasteiger partial charge in [-0.1, -0.05) is 34.1 Å². The summed E-state index contributed by atoms with van der Waals surface area (Å²) in [5.74, 6) is 1.79. The zero-order chi connectivity index (χ0) is 14.8. The second kappa shape index (κ2) is 6.08. The van der Waals surface area contributed by atoms with Gasteiger partial charge < -0.3 is 14.8 Å². The van der Waals surface area contributed by atoms with Gasteiger partial charge >= 0.3 is 0 Å². The lowest BCUT2D eigenvalue weighted by atomic mass is 9.93. The molecule has 1 aliphatic heterocycles. The molecule has 0 fully saturated rings. The molecular formula is C17H18BrNO2. The molecule has 1 heterocycles. The summed E-state index contributed by atoms with van der Waals surface area (Å²) in [4.78, 5) is 0. The molecule has 0 saturated carbocycles. The van der Waals surface area contributed by atoms with Crippen LogP contribution in [0.3, 0.4) is 0 Å². The van der Waals surface area contributed by atoms with E-state index in [9.17, 15) is 0 Å². The van der Waals surface area contributed by atoms with Crippen LogP contribution in [0.2, 0.25) is 0 Å². The number of hydrogen-bond acceptors (Lipinski definition) is 3. The molecule has 2 unspecified atom stereocenters. The fourth-order valence-electron chi connectivity index (χ4n) is 2.76. The van der Waals surface area contributed by atoms with E-state index >= 15 is 0 Å². The molecule has 2 atom stereocenters. The fourth-order valence-corrected chi connectivity index (χ4v) is 3.10. The fraction of sp³-hybridized carbons (Fsp3) is 0.294. The standard InChI is InChI=1S/C17H18BrNO2/c1-19-15-10-16(11-4-3-5-13(8-11)20-2)21-17-9-12(18)6-7-14(15)17/h3-9,15-16,19H,10H2,1-2H3. The summed E-state index contributed by atoms with van der Waals surface area (Å²) in [6.07, 6.45) is 0.928. The molecule has 1 aliphatic rings. The zero-order valence-corrected chi connectivity index (χ0v) is 13.7. The van der Waals surface area contributed by atoms with Gasteiger partial charge in [0.05, 0.1) is 7.11 Å². The quantitative estimate of drug-likeness (QED) is 0.900. The summed E-state index contributed by atoms with van der Waals surface area (Å²) in [5, 5.41) is 3.38. The Morgan fingerprint density at radius 2 is 2.10 bits per heavy atom. The Morgan fingerprint density at radius 3 is 2.86 bits per heavy atom. The summed E-state index contributed by atoms with van der Waals surface area (Å²) in [6.45, 7) is 0. The van der Waals surface area contributed by atoms with E-state index < -0.39 is 0 Å². The lowest BCUT2D eigenvalue weighted by molar-refractivity contribution is 0.153. The first kappa shape index (κ1) is 14.4. The van der Waals surface area contributed by atoms with Crippen molar-refractivity contribution >= 4 is 15.9 Å². The van der Waals surface area contributed by atoms with Gasteiger partial charge in [0.2, 0.25) is 0 Å². The average molecular weight is 348 g/mol. The third kappa shape index (κ3) is 2.92. The molecule has 0 radical (unpaired) electrons. The van der Waals surface area contributed by atoms with Crippen molar-refractivity contribution in [2.75, 3.05) is 14.2 Å². The van der Waals surface area contributed by atoms with E-state index in [1.807, 2.05) is 31.3 Å². The maximum Gasteiger partial charge on any atom is 0.126 e. The second-order valence-electron chi connectivity index (χ2n) is 5.14. The smallest absolute Gasteiger partial charge is 0.126 e. The van der Waals surface area contributed by atoms with Gasteiger partial charge in [0.25, 0.3) is 0 Å². The first-order valence-corrected chi connectivity index (χ1v) is 7.78. The van der Waals surface area contributed by atoms with E-state index in [1.54, 1.807) is 7.11 Å². The summed E-state index contributed by atoms with van der Waals surface area (Å²) >= 11 is 3.51. The Morgan fingerprint density at radius 1 is 1.24 bits per heavy atom. The lowest BCUT2D eigenvalue weighted by Gasteiger charge is -2.32. The molecule has 4 heteroatoms. The summed E-state index contributed by atoms with van der Waals surface area (Å²) in [6, 6.07) is 14.6. The SMILES string of the molecule is CNC1CC(c2cccc(OC)c2)Oc2cc(Br)ccc21. The summed E-state index contributed by atoms with van der Waals surface area (Å²) in [5.41, 5.74) is 2.35. The average Bonchev–Trinajstić information content (AvgIpc) is 2.53. The van der Waals surface area contributed by atoms with E-state index in [4.69, 9.17) is 9.47 Å². The predicted molar refractivity (Wildman–Crippen MR) is 86.9 cm³/mol. The maximum absolute atomic E-state index is 6.20. The molecule has 0 amide bonds. The molecule has 3 nitrogen and oxygen atoms in total. The lowest BCUT2D eigenvalue weighted by Crippen LogP contribution is -2.26. The molecule has 3 rings (SSSR count). The monoisotopic (exact) mass is 347 g/mol. The highest BCUT2D eigenvalue weighted by Gasteiger charge is 2.28. The first-order valence-electron chi connectivity index (χ1n) is 6.98. The van der Waals surface area contributed by atoms with Crippen LogP contribution >= 0.6 is 15.9 Å². The number of ether oxygens (including phenoxy) is 2. The molecule has 1 N–H and O–H groups in total. The summed E-state index contributed by atoms with van der Waals surface area (Å²) < 4.78 is 12.5. The normalized spacial score (nSPS) is 20.5. The van der Waals surface area contributed by atoms with Gasteiger partial charge in [-0.3, -0.25) is 0 Å². The molecule has 0 saturated heterocycles. The van der Waals surface area contributed by atoms with Gasteiger partial charge in [-0.05, 0) is 36.9 Å². The van der Waals surface area contributed by atoms with Crippen molar-refractivity contribution in [1.82, 2.24) is 5.32 Å². The molecule has 0 aromatic heterocycles. The van der Waals surface area contributed by atoms with Crippen LogP contribution in [0, 0.1) is 0 Å². The van der Waals surface area contributed by atoms with Crippen LogP contribution < -0.4 is 14.8 Å². The van der Waals surface area contributed by atoms with Crippen LogP contribution in [0.25, 0.3) is 0 Å². The van der Waals surface area contributed by atoms with E-state index in [2.05, 4.69) is 39.4 Å². The Bertz CT molecular complexity index is 644. The van der Waals surface area contributed by atoms with Crippen LogP contribution in [0.15, 0.2) is 46.9 Å². The highest BCUT2D eigenvalue weighted by Crippen LogP contribution is 2.42. The van der Waals surface area contributed by atoms with Gasteiger partial charge in [0.15, 0.2) is 0 Å². The largest absolute Gasteiger partial charge is 0.497 e. The van der Waals surface area contributed by atoms with Crippen molar-refractivity contribution in [3.05, 3.63) is 58.1 Å². The first-order chi connectivity index (χ1) is 10.2. The Kier molecular flexibility index (Phi) is 4.17. The zero-order valence-electron chi connectivity index (χ0n) is 12.1. The molecular weight excluding hydrogens is 330 g/mol. The van der Waals surface area contributed by atoms with Crippen LogP contribution in [-0.2, 0) is 0 Å². The van der Waals surface area contributed by atoms with Crippen LogP contribution in [0.5, 0.6) is 11.5 Å². The maximum atomic E-state index is 6.20. The molecule has 21 heavy (non-hydrogen) atoms. The van der Waals surface area contributed by atoms with Crippen molar-refractivity contribution < 1.29 is 9.47 Å². The highest BCUT2D eigenvalue weighted by molar-refractivity contribution is 9.10. The topological polar surface area (TPSA) is 30.5 Å². The molecule has 2 aromatic carbocycles. The van der Waals surface area contributed by atoms with Crippen LogP contribution in [0.1, 0.15) is 29.7 Å². The molecule has 0 spiro atoms.